The van der Waals surface area contributed by atoms with Gasteiger partial charge in [0.05, 0.1) is 17.8 Å². The largest absolute Gasteiger partial charge is 0.282 e. The summed E-state index contributed by atoms with van der Waals surface area (Å²) in [5.41, 5.74) is 6.69. The Bertz CT molecular complexity index is 956. The summed E-state index contributed by atoms with van der Waals surface area (Å²) in [6.07, 6.45) is 2.98. The third kappa shape index (κ3) is 3.46. The van der Waals surface area contributed by atoms with Gasteiger partial charge in [-0.1, -0.05) is 36.4 Å². The molecule has 3 rings (SSSR count). The van der Waals surface area contributed by atoms with Crippen LogP contribution < -0.4 is 5.43 Å². The summed E-state index contributed by atoms with van der Waals surface area (Å²) >= 11 is 0. The molecule has 1 N–H and O–H groups in total. The Labute approximate surface area is 145 Å². The second-order valence-electron chi connectivity index (χ2n) is 5.56. The predicted octanol–water partition coefficient (Wildman–Crippen LogP) is 2.93. The Kier molecular flexibility index (Phi) is 4.69. The molecule has 0 fully saturated rings. The van der Waals surface area contributed by atoms with E-state index in [9.17, 15) is 10.1 Å². The molecule has 0 radical (unpaired) electrons. The number of hydrogen-bond donors (Lipinski definition) is 1. The van der Waals surface area contributed by atoms with E-state index in [0.29, 0.717) is 12.0 Å². The monoisotopic (exact) mass is 326 g/mol. The fourth-order valence-corrected chi connectivity index (χ4v) is 2.81. The number of carbonyl (C=O) groups excluding carboxylic acids is 1. The molecule has 1 amide bonds. The second-order valence-corrected chi connectivity index (χ2v) is 5.56. The molecule has 1 aliphatic carbocycles. The van der Waals surface area contributed by atoms with E-state index in [1.807, 2.05) is 36.4 Å². The van der Waals surface area contributed by atoms with Gasteiger partial charge in [-0.15, -0.1) is 0 Å². The van der Waals surface area contributed by atoms with Crippen LogP contribution in [-0.2, 0) is 11.2 Å². The van der Waals surface area contributed by atoms with Crippen LogP contribution in [0.15, 0.2) is 59.2 Å². The number of nitrogens with one attached hydrogen (secondary N) is 1. The Morgan fingerprint density at radius 3 is 2.56 bits per heavy atom. The zero-order valence-corrected chi connectivity index (χ0v) is 13.4. The van der Waals surface area contributed by atoms with Crippen molar-refractivity contribution in [2.75, 3.05) is 0 Å². The van der Waals surface area contributed by atoms with Crippen molar-refractivity contribution < 1.29 is 4.79 Å². The van der Waals surface area contributed by atoms with Crippen molar-refractivity contribution in [1.29, 1.82) is 10.5 Å². The van der Waals surface area contributed by atoms with Crippen LogP contribution in [0.5, 0.6) is 0 Å². The average Bonchev–Trinajstić information content (AvgIpc) is 3.07. The fourth-order valence-electron chi connectivity index (χ4n) is 2.81. The van der Waals surface area contributed by atoms with Crippen LogP contribution in [0.4, 0.5) is 0 Å². The summed E-state index contributed by atoms with van der Waals surface area (Å²) in [4.78, 5) is 12.3. The summed E-state index contributed by atoms with van der Waals surface area (Å²) in [6, 6.07) is 18.6. The van der Waals surface area contributed by atoms with Crippen molar-refractivity contribution in [2.45, 2.75) is 12.8 Å². The van der Waals surface area contributed by atoms with E-state index in [1.54, 1.807) is 24.3 Å². The lowest BCUT2D eigenvalue weighted by Gasteiger charge is -2.04. The van der Waals surface area contributed by atoms with E-state index >= 15 is 0 Å². The van der Waals surface area contributed by atoms with Crippen molar-refractivity contribution in [2.24, 2.45) is 5.10 Å². The molecule has 0 aromatic heterocycles. The first kappa shape index (κ1) is 16.2. The van der Waals surface area contributed by atoms with Crippen LogP contribution in [0.2, 0.25) is 0 Å². The van der Waals surface area contributed by atoms with Crippen LogP contribution >= 0.6 is 0 Å². The number of carbonyl (C=O) groups is 1. The molecule has 25 heavy (non-hydrogen) atoms. The third-order valence-electron chi connectivity index (χ3n) is 4.05. The molecule has 2 aromatic carbocycles. The molecule has 0 atom stereocenters. The molecule has 0 saturated carbocycles. The second kappa shape index (κ2) is 7.25. The zero-order valence-electron chi connectivity index (χ0n) is 13.4. The maximum absolute atomic E-state index is 12.3. The molecule has 0 saturated heterocycles. The molecule has 2 aromatic rings. The first-order valence-corrected chi connectivity index (χ1v) is 7.78. The molecule has 1 aliphatic rings. The van der Waals surface area contributed by atoms with E-state index in [4.69, 9.17) is 5.26 Å². The summed E-state index contributed by atoms with van der Waals surface area (Å²) in [5, 5.41) is 22.1. The van der Waals surface area contributed by atoms with Gasteiger partial charge in [-0.05, 0) is 47.2 Å². The molecule has 5 heteroatoms. The standard InChI is InChI=1S/C20H14N4O/c21-11-14-5-7-15(8-6-14)13-23-24-20(25)19(12-22)18-10-9-16-3-1-2-4-17(16)18/h1-8,13H,9-10H2,(H,24,25)/b19-18+,23-13+. The van der Waals surface area contributed by atoms with Crippen molar-refractivity contribution in [1.82, 2.24) is 5.43 Å². The van der Waals surface area contributed by atoms with Gasteiger partial charge >= 0.3 is 0 Å². The van der Waals surface area contributed by atoms with Gasteiger partial charge in [0.25, 0.3) is 5.91 Å². The van der Waals surface area contributed by atoms with E-state index in [2.05, 4.69) is 10.5 Å². The SMILES string of the molecule is N#C/C(C(=O)N/N=C/c1ccc(C#N)cc1)=C1/CCc2ccccc21. The maximum Gasteiger partial charge on any atom is 0.282 e. The number of rotatable bonds is 3. The minimum atomic E-state index is -0.515. The van der Waals surface area contributed by atoms with Crippen LogP contribution in [-0.4, -0.2) is 12.1 Å². The number of fused-ring (bicyclic) bond motifs is 1. The first-order valence-electron chi connectivity index (χ1n) is 7.78. The minimum Gasteiger partial charge on any atom is -0.267 e. The molecule has 0 aliphatic heterocycles. The van der Waals surface area contributed by atoms with E-state index in [-0.39, 0.29) is 5.57 Å². The molecular weight excluding hydrogens is 312 g/mol. The Hall–Kier alpha value is -3.70. The Balaban J connectivity index is 1.76. The highest BCUT2D eigenvalue weighted by atomic mass is 16.2. The summed E-state index contributed by atoms with van der Waals surface area (Å²) in [7, 11) is 0. The van der Waals surface area contributed by atoms with Crippen LogP contribution in [0.1, 0.15) is 28.7 Å². The molecule has 0 spiro atoms. The highest BCUT2D eigenvalue weighted by Gasteiger charge is 2.22. The van der Waals surface area contributed by atoms with E-state index in [1.165, 1.54) is 6.21 Å². The molecule has 0 bridgehead atoms. The highest BCUT2D eigenvalue weighted by molar-refractivity contribution is 6.05. The van der Waals surface area contributed by atoms with Crippen molar-refractivity contribution in [3.8, 4) is 12.1 Å². The molecule has 0 heterocycles. The molecular formula is C20H14N4O. The molecule has 5 nitrogen and oxygen atoms in total. The smallest absolute Gasteiger partial charge is 0.267 e. The van der Waals surface area contributed by atoms with Gasteiger partial charge < -0.3 is 0 Å². The lowest BCUT2D eigenvalue weighted by molar-refractivity contribution is -0.117. The summed E-state index contributed by atoms with van der Waals surface area (Å²) in [6.45, 7) is 0. The maximum atomic E-state index is 12.3. The van der Waals surface area contributed by atoms with E-state index in [0.717, 1.165) is 28.7 Å². The van der Waals surface area contributed by atoms with Gasteiger partial charge in [0.2, 0.25) is 0 Å². The lowest BCUT2D eigenvalue weighted by atomic mass is 10.0. The normalized spacial score (nSPS) is 14.5. The van der Waals surface area contributed by atoms with Gasteiger partial charge in [0, 0.05) is 0 Å². The lowest BCUT2D eigenvalue weighted by Crippen LogP contribution is -2.20. The zero-order chi connectivity index (χ0) is 17.6. The van der Waals surface area contributed by atoms with Crippen molar-refractivity contribution >= 4 is 17.7 Å². The Morgan fingerprint density at radius 2 is 1.84 bits per heavy atom. The van der Waals surface area contributed by atoms with Gasteiger partial charge in [-0.3, -0.25) is 4.79 Å². The number of hydrazone groups is 1. The average molecular weight is 326 g/mol. The van der Waals surface area contributed by atoms with Gasteiger partial charge in [-0.25, -0.2) is 5.43 Å². The number of amides is 1. The quantitative estimate of drug-likeness (QED) is 0.407. The van der Waals surface area contributed by atoms with Crippen molar-refractivity contribution in [3.63, 3.8) is 0 Å². The minimum absolute atomic E-state index is 0.0990. The number of hydrogen-bond acceptors (Lipinski definition) is 4. The molecule has 120 valence electrons. The number of nitriles is 2. The summed E-state index contributed by atoms with van der Waals surface area (Å²) < 4.78 is 0. The predicted molar refractivity (Wildman–Crippen MR) is 94.2 cm³/mol. The van der Waals surface area contributed by atoms with Crippen LogP contribution in [0.3, 0.4) is 0 Å². The van der Waals surface area contributed by atoms with Crippen molar-refractivity contribution in [3.05, 3.63) is 76.4 Å². The number of nitrogens with zero attached hydrogens (tertiary/aromatic N) is 3. The Morgan fingerprint density at radius 1 is 1.08 bits per heavy atom. The fraction of sp³-hybridized carbons (Fsp3) is 0.100. The van der Waals surface area contributed by atoms with Crippen LogP contribution in [0.25, 0.3) is 5.57 Å². The topological polar surface area (TPSA) is 89.0 Å². The number of allylic oxidation sites excluding steroid dienone is 1. The highest BCUT2D eigenvalue weighted by Crippen LogP contribution is 2.34. The van der Waals surface area contributed by atoms with Gasteiger partial charge in [-0.2, -0.15) is 15.6 Å². The number of aryl methyl sites for hydroxylation is 1. The van der Waals surface area contributed by atoms with Crippen LogP contribution in [0, 0.1) is 22.7 Å². The van der Waals surface area contributed by atoms with E-state index < -0.39 is 5.91 Å². The van der Waals surface area contributed by atoms with Gasteiger partial charge in [0.1, 0.15) is 11.6 Å². The molecule has 0 unspecified atom stereocenters. The summed E-state index contributed by atoms with van der Waals surface area (Å²) in [5.74, 6) is -0.515. The van der Waals surface area contributed by atoms with Gasteiger partial charge in [0.15, 0.2) is 0 Å². The first-order chi connectivity index (χ1) is 12.2. The third-order valence-corrected chi connectivity index (χ3v) is 4.05. The number of benzene rings is 2.